The number of carbonyl (C=O) groups is 2. The number of hydrogen-bond donors (Lipinski definition) is 0. The van der Waals surface area contributed by atoms with E-state index in [2.05, 4.69) is 15.9 Å². The summed E-state index contributed by atoms with van der Waals surface area (Å²) >= 11 is 3.30. The highest BCUT2D eigenvalue weighted by atomic mass is 79.9. The number of rotatable bonds is 8. The molecule has 7 heteroatoms. The van der Waals surface area contributed by atoms with E-state index in [0.717, 1.165) is 10.0 Å². The molecule has 0 saturated carbocycles. The molecule has 0 fully saturated rings. The van der Waals surface area contributed by atoms with Gasteiger partial charge in [0.2, 0.25) is 0 Å². The number of benzene rings is 3. The molecule has 0 N–H and O–H groups in total. The Kier molecular flexibility index (Phi) is 7.08. The highest BCUT2D eigenvalue weighted by Crippen LogP contribution is 2.25. The Morgan fingerprint density at radius 3 is 2.19 bits per heavy atom. The smallest absolute Gasteiger partial charge is 0.189 e. The highest BCUT2D eigenvalue weighted by Gasteiger charge is 2.36. The van der Waals surface area contributed by atoms with Gasteiger partial charge in [-0.25, -0.2) is 8.42 Å². The Morgan fingerprint density at radius 1 is 0.935 bits per heavy atom. The summed E-state index contributed by atoms with van der Waals surface area (Å²) in [6.07, 6.45) is -0.474. The van der Waals surface area contributed by atoms with Crippen LogP contribution in [0.1, 0.15) is 32.7 Å². The van der Waals surface area contributed by atoms with Crippen LogP contribution in [0.15, 0.2) is 82.2 Å². The molecule has 0 amide bonds. The molecule has 0 saturated heterocycles. The maximum atomic E-state index is 13.4. The van der Waals surface area contributed by atoms with E-state index >= 15 is 0 Å². The second-order valence-electron chi connectivity index (χ2n) is 7.08. The van der Waals surface area contributed by atoms with Crippen LogP contribution in [0.5, 0.6) is 5.75 Å². The van der Waals surface area contributed by atoms with Gasteiger partial charge in [0, 0.05) is 22.0 Å². The number of halogens is 1. The van der Waals surface area contributed by atoms with Crippen molar-refractivity contribution < 1.29 is 22.7 Å². The predicted octanol–water partition coefficient (Wildman–Crippen LogP) is 5.06. The average molecular weight is 501 g/mol. The summed E-state index contributed by atoms with van der Waals surface area (Å²) in [4.78, 5) is 26.2. The molecule has 0 heterocycles. The molecule has 0 unspecified atom stereocenters. The lowest BCUT2D eigenvalue weighted by Crippen LogP contribution is -2.33. The third-order valence-electron chi connectivity index (χ3n) is 4.91. The molecule has 31 heavy (non-hydrogen) atoms. The molecule has 3 rings (SSSR count). The zero-order valence-corrected chi connectivity index (χ0v) is 19.4. The minimum atomic E-state index is -4.11. The second-order valence-corrected chi connectivity index (χ2v) is 10.1. The first-order chi connectivity index (χ1) is 14.7. The number of ketones is 2. The molecule has 0 aliphatic carbocycles. The Labute approximate surface area is 190 Å². The summed E-state index contributed by atoms with van der Waals surface area (Å²) in [6, 6.07) is 19.1. The van der Waals surface area contributed by atoms with Crippen LogP contribution in [0.25, 0.3) is 0 Å². The number of sulfone groups is 1. The standard InChI is InChI=1S/C24H21BrO5S/c1-16-6-12-21(13-7-16)31(28,29)23(24(27)17-8-10-19(25)11-9-17)15-22(26)18-4-3-5-20(14-18)30-2/h3-14,23H,15H2,1-2H3/t23-/m0/s1. The largest absolute Gasteiger partial charge is 0.497 e. The molecule has 0 radical (unpaired) electrons. The van der Waals surface area contributed by atoms with E-state index in [1.165, 1.54) is 25.3 Å². The first kappa shape index (κ1) is 22.9. The topological polar surface area (TPSA) is 77.5 Å². The van der Waals surface area contributed by atoms with Crippen molar-refractivity contribution in [3.63, 3.8) is 0 Å². The van der Waals surface area contributed by atoms with Crippen LogP contribution in [-0.2, 0) is 9.84 Å². The fourth-order valence-corrected chi connectivity index (χ4v) is 5.02. The normalized spacial score (nSPS) is 12.2. The highest BCUT2D eigenvalue weighted by molar-refractivity contribution is 9.10. The molecule has 3 aromatic rings. The zero-order valence-electron chi connectivity index (χ0n) is 17.0. The third-order valence-corrected chi connectivity index (χ3v) is 7.50. The van der Waals surface area contributed by atoms with Gasteiger partial charge in [0.25, 0.3) is 0 Å². The molecule has 0 aliphatic heterocycles. The summed E-state index contributed by atoms with van der Waals surface area (Å²) in [5.41, 5.74) is 1.40. The summed E-state index contributed by atoms with van der Waals surface area (Å²) < 4.78 is 32.7. The maximum absolute atomic E-state index is 13.4. The van der Waals surface area contributed by atoms with E-state index < -0.39 is 33.1 Å². The van der Waals surface area contributed by atoms with Crippen molar-refractivity contribution in [3.05, 3.63) is 94.0 Å². The minimum Gasteiger partial charge on any atom is -0.497 e. The van der Waals surface area contributed by atoms with Crippen LogP contribution in [0.4, 0.5) is 0 Å². The van der Waals surface area contributed by atoms with Gasteiger partial charge < -0.3 is 4.74 Å². The van der Waals surface area contributed by atoms with Crippen LogP contribution >= 0.6 is 15.9 Å². The van der Waals surface area contributed by atoms with Gasteiger partial charge in [0.15, 0.2) is 21.4 Å². The fourth-order valence-electron chi connectivity index (χ4n) is 3.12. The molecule has 1 atom stereocenters. The van der Waals surface area contributed by atoms with Crippen molar-refractivity contribution >= 4 is 37.3 Å². The van der Waals surface area contributed by atoms with Gasteiger partial charge in [-0.1, -0.05) is 57.9 Å². The lowest BCUT2D eigenvalue weighted by Gasteiger charge is -2.17. The summed E-state index contributed by atoms with van der Waals surface area (Å²) in [6.45, 7) is 1.84. The summed E-state index contributed by atoms with van der Waals surface area (Å²) in [5.74, 6) is -0.600. The van der Waals surface area contributed by atoms with E-state index in [-0.39, 0.29) is 16.0 Å². The van der Waals surface area contributed by atoms with Gasteiger partial charge in [-0.3, -0.25) is 9.59 Å². The molecular formula is C24H21BrO5S. The monoisotopic (exact) mass is 500 g/mol. The predicted molar refractivity (Wildman–Crippen MR) is 123 cm³/mol. The Balaban J connectivity index is 2.02. The van der Waals surface area contributed by atoms with Crippen LogP contribution in [0, 0.1) is 6.92 Å². The van der Waals surface area contributed by atoms with E-state index in [1.807, 2.05) is 6.92 Å². The van der Waals surface area contributed by atoms with Crippen LogP contribution in [0.2, 0.25) is 0 Å². The number of aryl methyl sites for hydroxylation is 1. The lowest BCUT2D eigenvalue weighted by atomic mass is 10.0. The summed E-state index contributed by atoms with van der Waals surface area (Å²) in [5, 5.41) is -1.55. The maximum Gasteiger partial charge on any atom is 0.189 e. The van der Waals surface area contributed by atoms with Crippen molar-refractivity contribution in [2.45, 2.75) is 23.5 Å². The van der Waals surface area contributed by atoms with E-state index in [4.69, 9.17) is 4.74 Å². The molecule has 0 bridgehead atoms. The molecule has 0 aliphatic rings. The first-order valence-electron chi connectivity index (χ1n) is 9.50. The molecule has 160 valence electrons. The van der Waals surface area contributed by atoms with Crippen LogP contribution in [-0.4, -0.2) is 32.3 Å². The van der Waals surface area contributed by atoms with Crippen molar-refractivity contribution in [2.75, 3.05) is 7.11 Å². The van der Waals surface area contributed by atoms with Gasteiger partial charge in [-0.2, -0.15) is 0 Å². The van der Waals surface area contributed by atoms with Crippen molar-refractivity contribution in [1.82, 2.24) is 0 Å². The van der Waals surface area contributed by atoms with E-state index in [1.54, 1.807) is 54.6 Å². The minimum absolute atomic E-state index is 0.00649. The van der Waals surface area contributed by atoms with Gasteiger partial charge in [0.1, 0.15) is 11.0 Å². The average Bonchev–Trinajstić information content (AvgIpc) is 2.77. The molecule has 3 aromatic carbocycles. The number of ether oxygens (including phenoxy) is 1. The number of carbonyl (C=O) groups excluding carboxylic acids is 2. The second kappa shape index (κ2) is 9.58. The quantitative estimate of drug-likeness (QED) is 0.403. The van der Waals surface area contributed by atoms with Crippen molar-refractivity contribution in [1.29, 1.82) is 0 Å². The Bertz CT molecular complexity index is 1200. The van der Waals surface area contributed by atoms with Crippen molar-refractivity contribution in [2.24, 2.45) is 0 Å². The van der Waals surface area contributed by atoms with Crippen molar-refractivity contribution in [3.8, 4) is 5.75 Å². The molecule has 5 nitrogen and oxygen atoms in total. The summed E-state index contributed by atoms with van der Waals surface area (Å²) in [7, 11) is -2.63. The third kappa shape index (κ3) is 5.29. The van der Waals surface area contributed by atoms with E-state index in [9.17, 15) is 18.0 Å². The molecule has 0 spiro atoms. The zero-order chi connectivity index (χ0) is 22.6. The van der Waals surface area contributed by atoms with Crippen LogP contribution in [0.3, 0.4) is 0 Å². The Morgan fingerprint density at radius 2 is 1.58 bits per heavy atom. The molecular weight excluding hydrogens is 480 g/mol. The number of methoxy groups -OCH3 is 1. The van der Waals surface area contributed by atoms with Crippen LogP contribution < -0.4 is 4.74 Å². The first-order valence-corrected chi connectivity index (χ1v) is 11.8. The van der Waals surface area contributed by atoms with Gasteiger partial charge in [-0.15, -0.1) is 0 Å². The van der Waals surface area contributed by atoms with E-state index in [0.29, 0.717) is 5.75 Å². The molecule has 0 aromatic heterocycles. The SMILES string of the molecule is COc1cccc(C(=O)C[C@@H](C(=O)c2ccc(Br)cc2)S(=O)(=O)c2ccc(C)cc2)c1. The van der Waals surface area contributed by atoms with Gasteiger partial charge in [0.05, 0.1) is 12.0 Å². The van der Waals surface area contributed by atoms with Gasteiger partial charge in [-0.05, 0) is 43.3 Å². The fraction of sp³-hybridized carbons (Fsp3) is 0.167. The number of Topliss-reactive ketones (excluding diaryl/α,β-unsaturated/α-hetero) is 2. The lowest BCUT2D eigenvalue weighted by molar-refractivity contribution is 0.0920. The van der Waals surface area contributed by atoms with Gasteiger partial charge >= 0.3 is 0 Å². The Hall–Kier alpha value is -2.77. The number of hydrogen-bond acceptors (Lipinski definition) is 5.